The van der Waals surface area contributed by atoms with Crippen molar-refractivity contribution >= 4 is 11.5 Å². The predicted molar refractivity (Wildman–Crippen MR) is 73.2 cm³/mol. The molecule has 0 radical (unpaired) electrons. The topological polar surface area (TPSA) is 42.2 Å². The van der Waals surface area contributed by atoms with Gasteiger partial charge in [-0.3, -0.25) is 0 Å². The fourth-order valence-corrected chi connectivity index (χ4v) is 2.68. The van der Waals surface area contributed by atoms with Crippen molar-refractivity contribution in [1.82, 2.24) is 4.98 Å². The molecule has 94 valence electrons. The molecule has 0 bridgehead atoms. The summed E-state index contributed by atoms with van der Waals surface area (Å²) in [5.41, 5.74) is 7.97. The van der Waals surface area contributed by atoms with Crippen LogP contribution in [0.4, 0.5) is 11.5 Å². The van der Waals surface area contributed by atoms with E-state index in [1.54, 1.807) is 0 Å². The molecule has 0 aromatic carbocycles. The van der Waals surface area contributed by atoms with Gasteiger partial charge in [0, 0.05) is 19.3 Å². The Morgan fingerprint density at radius 1 is 1.29 bits per heavy atom. The predicted octanol–water partition coefficient (Wildman–Crippen LogP) is 2.99. The van der Waals surface area contributed by atoms with E-state index in [2.05, 4.69) is 23.9 Å². The maximum absolute atomic E-state index is 6.05. The van der Waals surface area contributed by atoms with Crippen molar-refractivity contribution in [3.05, 3.63) is 17.8 Å². The Morgan fingerprint density at radius 2 is 1.94 bits per heavy atom. The van der Waals surface area contributed by atoms with Crippen molar-refractivity contribution in [2.45, 2.75) is 45.6 Å². The van der Waals surface area contributed by atoms with Gasteiger partial charge in [-0.1, -0.05) is 6.92 Å². The first-order valence-electron chi connectivity index (χ1n) is 6.53. The lowest BCUT2D eigenvalue weighted by atomic mass is 9.87. The van der Waals surface area contributed by atoms with Gasteiger partial charge in [0.2, 0.25) is 0 Å². The fraction of sp³-hybridized carbons (Fsp3) is 0.643. The smallest absolute Gasteiger partial charge is 0.151 e. The minimum Gasteiger partial charge on any atom is -0.396 e. The van der Waals surface area contributed by atoms with E-state index in [-0.39, 0.29) is 0 Å². The molecule has 1 heterocycles. The molecule has 3 nitrogen and oxygen atoms in total. The highest BCUT2D eigenvalue weighted by Gasteiger charge is 2.23. The Morgan fingerprint density at radius 3 is 2.53 bits per heavy atom. The highest BCUT2D eigenvalue weighted by atomic mass is 15.2. The molecular weight excluding hydrogens is 210 g/mol. The molecule has 2 rings (SSSR count). The normalized spacial score (nSPS) is 24.6. The third-order valence-corrected chi connectivity index (χ3v) is 3.90. The number of pyridine rings is 1. The summed E-state index contributed by atoms with van der Waals surface area (Å²) in [4.78, 5) is 6.74. The average Bonchev–Trinajstić information content (AvgIpc) is 2.29. The van der Waals surface area contributed by atoms with E-state index in [0.29, 0.717) is 6.04 Å². The molecular formula is C14H23N3. The first-order chi connectivity index (χ1) is 8.08. The van der Waals surface area contributed by atoms with Crippen molar-refractivity contribution in [2.75, 3.05) is 17.7 Å². The molecule has 1 fully saturated rings. The van der Waals surface area contributed by atoms with Crippen molar-refractivity contribution in [2.24, 2.45) is 5.92 Å². The molecule has 0 unspecified atom stereocenters. The van der Waals surface area contributed by atoms with Gasteiger partial charge in [0.05, 0.1) is 5.69 Å². The number of hydrogen-bond donors (Lipinski definition) is 1. The molecule has 1 aliphatic rings. The molecule has 0 aliphatic heterocycles. The third-order valence-electron chi connectivity index (χ3n) is 3.90. The first-order valence-corrected chi connectivity index (χ1v) is 6.53. The molecule has 17 heavy (non-hydrogen) atoms. The summed E-state index contributed by atoms with van der Waals surface area (Å²) in [6.07, 6.45) is 7.05. The Hall–Kier alpha value is -1.25. The minimum atomic E-state index is 0.601. The van der Waals surface area contributed by atoms with E-state index < -0.39 is 0 Å². The summed E-state index contributed by atoms with van der Waals surface area (Å²) in [6.45, 7) is 4.37. The van der Waals surface area contributed by atoms with Crippen LogP contribution in [0.1, 0.15) is 38.2 Å². The summed E-state index contributed by atoms with van der Waals surface area (Å²) in [7, 11) is 2.12. The lowest BCUT2D eigenvalue weighted by Gasteiger charge is -2.34. The van der Waals surface area contributed by atoms with Crippen LogP contribution in [-0.4, -0.2) is 18.1 Å². The Labute approximate surface area is 104 Å². The van der Waals surface area contributed by atoms with E-state index in [9.17, 15) is 0 Å². The van der Waals surface area contributed by atoms with Crippen molar-refractivity contribution in [1.29, 1.82) is 0 Å². The second kappa shape index (κ2) is 4.94. The summed E-state index contributed by atoms with van der Waals surface area (Å²) >= 11 is 0. The van der Waals surface area contributed by atoms with Crippen LogP contribution in [0, 0.1) is 12.8 Å². The quantitative estimate of drug-likeness (QED) is 0.854. The average molecular weight is 233 g/mol. The van der Waals surface area contributed by atoms with E-state index in [1.165, 1.54) is 25.7 Å². The SMILES string of the molecule is Cc1cnc(N(C)C2CCC(C)CC2)c(N)c1. The zero-order chi connectivity index (χ0) is 12.4. The van der Waals surface area contributed by atoms with Gasteiger partial charge in [-0.2, -0.15) is 0 Å². The molecule has 1 aliphatic carbocycles. The standard InChI is InChI=1S/C14H23N3/c1-10-4-6-12(7-5-10)17(3)14-13(15)8-11(2)9-16-14/h8-10,12H,4-7,15H2,1-3H3. The number of nitrogens with zero attached hydrogens (tertiary/aromatic N) is 2. The summed E-state index contributed by atoms with van der Waals surface area (Å²) in [6, 6.07) is 2.60. The van der Waals surface area contributed by atoms with Gasteiger partial charge in [0.25, 0.3) is 0 Å². The number of nitrogen functional groups attached to an aromatic ring is 1. The van der Waals surface area contributed by atoms with Crippen LogP contribution in [0.2, 0.25) is 0 Å². The maximum atomic E-state index is 6.05. The van der Waals surface area contributed by atoms with Crippen LogP contribution >= 0.6 is 0 Å². The van der Waals surface area contributed by atoms with E-state index in [1.807, 2.05) is 19.2 Å². The molecule has 2 N–H and O–H groups in total. The number of hydrogen-bond acceptors (Lipinski definition) is 3. The van der Waals surface area contributed by atoms with Gasteiger partial charge < -0.3 is 10.6 Å². The monoisotopic (exact) mass is 233 g/mol. The highest BCUT2D eigenvalue weighted by Crippen LogP contribution is 2.30. The number of nitrogens with two attached hydrogens (primary N) is 1. The van der Waals surface area contributed by atoms with Gasteiger partial charge in [-0.25, -0.2) is 4.98 Å². The summed E-state index contributed by atoms with van der Waals surface area (Å²) in [5.74, 6) is 1.82. The number of aromatic nitrogens is 1. The third kappa shape index (κ3) is 2.71. The van der Waals surface area contributed by atoms with Crippen LogP contribution < -0.4 is 10.6 Å². The minimum absolute atomic E-state index is 0.601. The van der Waals surface area contributed by atoms with Crippen LogP contribution in [0.5, 0.6) is 0 Å². The van der Waals surface area contributed by atoms with Gasteiger partial charge in [-0.05, 0) is 50.2 Å². The highest BCUT2D eigenvalue weighted by molar-refractivity contribution is 5.63. The molecule has 3 heteroatoms. The van der Waals surface area contributed by atoms with Gasteiger partial charge in [-0.15, -0.1) is 0 Å². The zero-order valence-electron chi connectivity index (χ0n) is 11.1. The van der Waals surface area contributed by atoms with E-state index >= 15 is 0 Å². The van der Waals surface area contributed by atoms with Gasteiger partial charge in [0.1, 0.15) is 0 Å². The molecule has 1 aromatic heterocycles. The number of aryl methyl sites for hydroxylation is 1. The molecule has 0 spiro atoms. The lowest BCUT2D eigenvalue weighted by Crippen LogP contribution is -2.35. The van der Waals surface area contributed by atoms with Crippen LogP contribution in [-0.2, 0) is 0 Å². The number of anilines is 2. The summed E-state index contributed by atoms with van der Waals surface area (Å²) < 4.78 is 0. The summed E-state index contributed by atoms with van der Waals surface area (Å²) in [5, 5.41) is 0. The van der Waals surface area contributed by atoms with Crippen LogP contribution in [0.3, 0.4) is 0 Å². The van der Waals surface area contributed by atoms with Crippen LogP contribution in [0.15, 0.2) is 12.3 Å². The van der Waals surface area contributed by atoms with Crippen molar-refractivity contribution < 1.29 is 0 Å². The van der Waals surface area contributed by atoms with E-state index in [0.717, 1.165) is 23.0 Å². The lowest BCUT2D eigenvalue weighted by molar-refractivity contribution is 0.340. The first kappa shape index (κ1) is 12.2. The van der Waals surface area contributed by atoms with Gasteiger partial charge in [0.15, 0.2) is 5.82 Å². The molecule has 0 saturated heterocycles. The molecule has 1 aromatic rings. The Kier molecular flexibility index (Phi) is 3.55. The number of rotatable bonds is 2. The fourth-order valence-electron chi connectivity index (χ4n) is 2.68. The van der Waals surface area contributed by atoms with Crippen LogP contribution in [0.25, 0.3) is 0 Å². The maximum Gasteiger partial charge on any atom is 0.151 e. The largest absolute Gasteiger partial charge is 0.396 e. The van der Waals surface area contributed by atoms with Crippen molar-refractivity contribution in [3.63, 3.8) is 0 Å². The van der Waals surface area contributed by atoms with E-state index in [4.69, 9.17) is 5.73 Å². The molecule has 0 atom stereocenters. The Balaban J connectivity index is 2.11. The Bertz CT molecular complexity index is 381. The van der Waals surface area contributed by atoms with Gasteiger partial charge >= 0.3 is 0 Å². The van der Waals surface area contributed by atoms with Crippen molar-refractivity contribution in [3.8, 4) is 0 Å². The second-order valence-electron chi connectivity index (χ2n) is 5.45. The molecule has 0 amide bonds. The molecule has 1 saturated carbocycles. The second-order valence-corrected chi connectivity index (χ2v) is 5.45. The zero-order valence-corrected chi connectivity index (χ0v) is 11.1.